The predicted octanol–water partition coefficient (Wildman–Crippen LogP) is 2.23. The number of pyridine rings is 1. The Kier molecular flexibility index (Phi) is 6.10. The molecule has 8 heteroatoms. The molecule has 3 atom stereocenters. The van der Waals surface area contributed by atoms with Crippen LogP contribution in [0.2, 0.25) is 0 Å². The number of amides is 2. The third-order valence-corrected chi connectivity index (χ3v) is 7.49. The van der Waals surface area contributed by atoms with Gasteiger partial charge in [-0.05, 0) is 49.5 Å². The molecule has 176 valence electrons. The minimum absolute atomic E-state index is 0.0549. The van der Waals surface area contributed by atoms with Gasteiger partial charge in [0.2, 0.25) is 11.8 Å². The van der Waals surface area contributed by atoms with E-state index in [1.54, 1.807) is 0 Å². The van der Waals surface area contributed by atoms with E-state index in [1.165, 1.54) is 11.8 Å². The predicted molar refractivity (Wildman–Crippen MR) is 128 cm³/mol. The lowest BCUT2D eigenvalue weighted by atomic mass is 9.79. The second-order valence-electron chi connectivity index (χ2n) is 9.56. The van der Waals surface area contributed by atoms with Crippen LogP contribution in [-0.2, 0) is 9.59 Å². The Bertz CT molecular complexity index is 960. The first kappa shape index (κ1) is 21.9. The Hall–Kier alpha value is -2.87. The zero-order chi connectivity index (χ0) is 22.9. The first-order valence-electron chi connectivity index (χ1n) is 12.2. The summed E-state index contributed by atoms with van der Waals surface area (Å²) in [6.07, 6.45) is 10.3. The average Bonchev–Trinajstić information content (AvgIpc) is 3.34. The molecule has 8 nitrogen and oxygen atoms in total. The first-order chi connectivity index (χ1) is 16.0. The molecule has 4 heterocycles. The van der Waals surface area contributed by atoms with E-state index < -0.39 is 0 Å². The van der Waals surface area contributed by atoms with Crippen LogP contribution in [0.3, 0.4) is 0 Å². The molecular formula is C25H34N6O2. The van der Waals surface area contributed by atoms with Crippen molar-refractivity contribution in [3.8, 4) is 0 Å². The van der Waals surface area contributed by atoms with Crippen LogP contribution in [0.25, 0.3) is 0 Å². The van der Waals surface area contributed by atoms with Gasteiger partial charge in [-0.1, -0.05) is 18.9 Å². The molecule has 0 bridgehead atoms. The molecule has 2 amide bonds. The standard InChI is InChI=1S/C25H34N6O2/c1-16-20-8-10-22(28-21-9-7-19(15-27-21)30-13-11-26-12-14-30)29-24(20)23(18-5-3-4-6-18)25(33)31(16)17(2)32/h7-10,15-16,18,22-23,26,29H,3-6,11-14H2,1-2H3,(H,27,28). The summed E-state index contributed by atoms with van der Waals surface area (Å²) in [4.78, 5) is 34.2. The molecule has 3 unspecified atom stereocenters. The average molecular weight is 451 g/mol. The topological polar surface area (TPSA) is 89.6 Å². The first-order valence-corrected chi connectivity index (χ1v) is 12.2. The van der Waals surface area contributed by atoms with E-state index in [4.69, 9.17) is 0 Å². The molecule has 5 rings (SSSR count). The summed E-state index contributed by atoms with van der Waals surface area (Å²) >= 11 is 0. The monoisotopic (exact) mass is 450 g/mol. The Morgan fingerprint density at radius 1 is 1.18 bits per heavy atom. The number of hydrogen-bond acceptors (Lipinski definition) is 7. The van der Waals surface area contributed by atoms with Gasteiger partial charge in [-0.15, -0.1) is 0 Å². The number of piperazine rings is 1. The van der Waals surface area contributed by atoms with Crippen LogP contribution in [0, 0.1) is 11.8 Å². The molecular weight excluding hydrogens is 416 g/mol. The molecule has 3 N–H and O–H groups in total. The number of imide groups is 1. The number of anilines is 2. The van der Waals surface area contributed by atoms with Gasteiger partial charge in [0, 0.05) is 38.8 Å². The minimum Gasteiger partial charge on any atom is -0.368 e. The SMILES string of the molecule is CC(=O)N1C(=O)C(C2CCCC2)C2=C(C=CC(Nc3ccc(N4CCNCC4)cn3)N2)C1C. The highest BCUT2D eigenvalue weighted by atomic mass is 16.2. The lowest BCUT2D eigenvalue weighted by molar-refractivity contribution is -0.149. The van der Waals surface area contributed by atoms with Crippen LogP contribution in [0.4, 0.5) is 11.5 Å². The largest absolute Gasteiger partial charge is 0.368 e. The number of aromatic nitrogens is 1. The van der Waals surface area contributed by atoms with Crippen molar-refractivity contribution in [3.63, 3.8) is 0 Å². The molecule has 1 aromatic rings. The van der Waals surface area contributed by atoms with Crippen molar-refractivity contribution in [2.75, 3.05) is 36.4 Å². The van der Waals surface area contributed by atoms with Gasteiger partial charge in [-0.25, -0.2) is 4.98 Å². The van der Waals surface area contributed by atoms with Crippen molar-refractivity contribution >= 4 is 23.3 Å². The summed E-state index contributed by atoms with van der Waals surface area (Å²) in [5.74, 6) is 0.566. The van der Waals surface area contributed by atoms with Gasteiger partial charge < -0.3 is 20.9 Å². The molecule has 4 aliphatic rings. The van der Waals surface area contributed by atoms with E-state index in [2.05, 4.69) is 44.1 Å². The lowest BCUT2D eigenvalue weighted by Crippen LogP contribution is -2.56. The number of nitrogens with one attached hydrogen (secondary N) is 3. The Labute approximate surface area is 195 Å². The third kappa shape index (κ3) is 4.24. The number of hydrogen-bond donors (Lipinski definition) is 3. The van der Waals surface area contributed by atoms with Gasteiger partial charge >= 0.3 is 0 Å². The van der Waals surface area contributed by atoms with E-state index in [1.807, 2.05) is 19.2 Å². The molecule has 3 aliphatic heterocycles. The summed E-state index contributed by atoms with van der Waals surface area (Å²) in [5, 5.41) is 10.4. The number of nitrogens with zero attached hydrogens (tertiary/aromatic N) is 3. The maximum atomic E-state index is 13.4. The maximum absolute atomic E-state index is 13.4. The van der Waals surface area contributed by atoms with Crippen molar-refractivity contribution in [3.05, 3.63) is 41.8 Å². The fourth-order valence-electron chi connectivity index (χ4n) is 5.81. The highest BCUT2D eigenvalue weighted by Crippen LogP contribution is 2.41. The van der Waals surface area contributed by atoms with Crippen LogP contribution >= 0.6 is 0 Å². The van der Waals surface area contributed by atoms with E-state index in [9.17, 15) is 9.59 Å². The van der Waals surface area contributed by atoms with Crippen molar-refractivity contribution in [2.45, 2.75) is 51.7 Å². The van der Waals surface area contributed by atoms with Crippen LogP contribution in [-0.4, -0.2) is 60.1 Å². The van der Waals surface area contributed by atoms with Gasteiger partial charge in [-0.2, -0.15) is 0 Å². The van der Waals surface area contributed by atoms with Gasteiger partial charge in [0.15, 0.2) is 0 Å². The Balaban J connectivity index is 1.34. The fraction of sp³-hybridized carbons (Fsp3) is 0.560. The van der Waals surface area contributed by atoms with Gasteiger partial charge in [0.1, 0.15) is 12.0 Å². The van der Waals surface area contributed by atoms with Gasteiger partial charge in [0.05, 0.1) is 23.8 Å². The number of dihydropyridines is 1. The second-order valence-corrected chi connectivity index (χ2v) is 9.56. The molecule has 1 aromatic heterocycles. The molecule has 1 saturated carbocycles. The van der Waals surface area contributed by atoms with Crippen molar-refractivity contribution in [1.29, 1.82) is 0 Å². The third-order valence-electron chi connectivity index (χ3n) is 7.49. The van der Waals surface area contributed by atoms with Crippen molar-refractivity contribution in [2.24, 2.45) is 11.8 Å². The fourth-order valence-corrected chi connectivity index (χ4v) is 5.81. The highest BCUT2D eigenvalue weighted by Gasteiger charge is 2.45. The number of rotatable bonds is 4. The minimum atomic E-state index is -0.278. The second kappa shape index (κ2) is 9.17. The van der Waals surface area contributed by atoms with E-state index >= 15 is 0 Å². The Morgan fingerprint density at radius 2 is 1.94 bits per heavy atom. The molecule has 1 saturated heterocycles. The normalized spacial score (nSPS) is 28.1. The van der Waals surface area contributed by atoms with Crippen LogP contribution in [0.5, 0.6) is 0 Å². The molecule has 1 aliphatic carbocycles. The van der Waals surface area contributed by atoms with E-state index in [0.717, 1.165) is 74.6 Å². The smallest absolute Gasteiger partial charge is 0.239 e. The molecule has 0 spiro atoms. The number of carbonyl (C=O) groups excluding carboxylic acids is 2. The van der Waals surface area contributed by atoms with Crippen molar-refractivity contribution < 1.29 is 9.59 Å². The molecule has 2 fully saturated rings. The van der Waals surface area contributed by atoms with Crippen LogP contribution < -0.4 is 20.9 Å². The summed E-state index contributed by atoms with van der Waals surface area (Å²) in [5.41, 5.74) is 3.16. The quantitative estimate of drug-likeness (QED) is 0.648. The molecule has 0 aromatic carbocycles. The Morgan fingerprint density at radius 3 is 2.61 bits per heavy atom. The summed E-state index contributed by atoms with van der Waals surface area (Å²) in [6.45, 7) is 7.40. The highest BCUT2D eigenvalue weighted by molar-refractivity contribution is 5.99. The van der Waals surface area contributed by atoms with Crippen LogP contribution in [0.15, 0.2) is 41.8 Å². The lowest BCUT2D eigenvalue weighted by Gasteiger charge is -2.43. The van der Waals surface area contributed by atoms with E-state index in [-0.39, 0.29) is 35.9 Å². The van der Waals surface area contributed by atoms with Crippen LogP contribution in [0.1, 0.15) is 39.5 Å². The van der Waals surface area contributed by atoms with Gasteiger partial charge in [-0.3, -0.25) is 14.5 Å². The summed E-state index contributed by atoms with van der Waals surface area (Å²) in [7, 11) is 0. The van der Waals surface area contributed by atoms with Gasteiger partial charge in [0.25, 0.3) is 0 Å². The summed E-state index contributed by atoms with van der Waals surface area (Å²) < 4.78 is 0. The molecule has 0 radical (unpaired) electrons. The molecule has 33 heavy (non-hydrogen) atoms. The maximum Gasteiger partial charge on any atom is 0.239 e. The van der Waals surface area contributed by atoms with Crippen molar-refractivity contribution in [1.82, 2.24) is 20.5 Å². The summed E-state index contributed by atoms with van der Waals surface area (Å²) in [6, 6.07) is 3.86. The zero-order valence-electron chi connectivity index (χ0n) is 19.5. The number of carbonyl (C=O) groups is 2. The zero-order valence-corrected chi connectivity index (χ0v) is 19.5. The van der Waals surface area contributed by atoms with E-state index in [0.29, 0.717) is 0 Å².